The molecular formula is C9H4ClFO2S. The molecule has 0 unspecified atom stereocenters. The summed E-state index contributed by atoms with van der Waals surface area (Å²) in [5.74, 6) is -1.14. The summed E-state index contributed by atoms with van der Waals surface area (Å²) in [6.45, 7) is 0. The standard InChI is InChI=1S/C9H4ClFO2S/c10-5-2-1-4-3-6(11)14-8(4)7(5)9(12)13/h1-3H,(H,12,13). The lowest BCUT2D eigenvalue weighted by atomic mass is 10.2. The van der Waals surface area contributed by atoms with Crippen LogP contribution in [0.1, 0.15) is 10.4 Å². The van der Waals surface area contributed by atoms with E-state index in [9.17, 15) is 9.18 Å². The van der Waals surface area contributed by atoms with Crippen molar-refractivity contribution < 1.29 is 14.3 Å². The Morgan fingerprint density at radius 3 is 2.86 bits per heavy atom. The molecule has 0 saturated carbocycles. The summed E-state index contributed by atoms with van der Waals surface area (Å²) in [6.07, 6.45) is 0. The summed E-state index contributed by atoms with van der Waals surface area (Å²) in [5, 5.41) is 9.16. The minimum atomic E-state index is -1.14. The number of carbonyl (C=O) groups is 1. The van der Waals surface area contributed by atoms with Gasteiger partial charge in [-0.15, -0.1) is 11.3 Å². The maximum Gasteiger partial charge on any atom is 0.338 e. The van der Waals surface area contributed by atoms with E-state index >= 15 is 0 Å². The van der Waals surface area contributed by atoms with Crippen LogP contribution in [0, 0.1) is 5.13 Å². The van der Waals surface area contributed by atoms with Gasteiger partial charge in [0.2, 0.25) is 0 Å². The molecule has 1 N–H and O–H groups in total. The first-order valence-electron chi connectivity index (χ1n) is 3.70. The summed E-state index contributed by atoms with van der Waals surface area (Å²) in [7, 11) is 0. The molecule has 1 heterocycles. The summed E-state index contributed by atoms with van der Waals surface area (Å²) in [4.78, 5) is 10.8. The Balaban J connectivity index is 2.88. The van der Waals surface area contributed by atoms with Gasteiger partial charge < -0.3 is 5.11 Å². The Morgan fingerprint density at radius 1 is 1.50 bits per heavy atom. The molecule has 0 radical (unpaired) electrons. The maximum absolute atomic E-state index is 12.9. The van der Waals surface area contributed by atoms with Gasteiger partial charge in [0.15, 0.2) is 5.13 Å². The summed E-state index contributed by atoms with van der Waals surface area (Å²) in [5.41, 5.74) is -0.0296. The van der Waals surface area contributed by atoms with Crippen LogP contribution in [0.25, 0.3) is 10.1 Å². The van der Waals surface area contributed by atoms with Gasteiger partial charge in [0.1, 0.15) is 0 Å². The van der Waals surface area contributed by atoms with Gasteiger partial charge in [-0.3, -0.25) is 0 Å². The number of hydrogen-bond donors (Lipinski definition) is 1. The number of carboxylic acids is 1. The van der Waals surface area contributed by atoms with Gasteiger partial charge in [-0.25, -0.2) is 4.79 Å². The molecule has 14 heavy (non-hydrogen) atoms. The van der Waals surface area contributed by atoms with Gasteiger partial charge >= 0.3 is 5.97 Å². The Bertz CT molecular complexity index is 521. The second kappa shape index (κ2) is 3.22. The number of aromatic carboxylic acids is 1. The van der Waals surface area contributed by atoms with Crippen LogP contribution in [0.3, 0.4) is 0 Å². The normalized spacial score (nSPS) is 10.7. The third-order valence-corrected chi connectivity index (χ3v) is 3.09. The van der Waals surface area contributed by atoms with E-state index in [1.165, 1.54) is 12.1 Å². The number of benzene rings is 1. The van der Waals surface area contributed by atoms with Gasteiger partial charge in [0, 0.05) is 0 Å². The smallest absolute Gasteiger partial charge is 0.338 e. The highest BCUT2D eigenvalue weighted by atomic mass is 35.5. The molecule has 0 spiro atoms. The van der Waals surface area contributed by atoms with Crippen LogP contribution in [0.5, 0.6) is 0 Å². The highest BCUT2D eigenvalue weighted by Crippen LogP contribution is 2.32. The Kier molecular flexibility index (Phi) is 2.17. The third kappa shape index (κ3) is 1.36. The predicted molar refractivity (Wildman–Crippen MR) is 53.8 cm³/mol. The van der Waals surface area contributed by atoms with E-state index < -0.39 is 11.1 Å². The molecule has 0 aliphatic carbocycles. The molecule has 0 fully saturated rings. The molecule has 2 aromatic rings. The van der Waals surface area contributed by atoms with Gasteiger partial charge in [-0.1, -0.05) is 17.7 Å². The van der Waals surface area contributed by atoms with Crippen molar-refractivity contribution in [2.75, 3.05) is 0 Å². The number of carboxylic acid groups (broad SMARTS) is 1. The largest absolute Gasteiger partial charge is 0.478 e. The molecule has 0 aliphatic heterocycles. The molecule has 2 rings (SSSR count). The van der Waals surface area contributed by atoms with Crippen LogP contribution in [0.4, 0.5) is 4.39 Å². The van der Waals surface area contributed by atoms with Crippen molar-refractivity contribution >= 4 is 39.0 Å². The zero-order valence-electron chi connectivity index (χ0n) is 6.75. The Hall–Kier alpha value is -1.13. The number of rotatable bonds is 1. The first-order chi connectivity index (χ1) is 6.59. The lowest BCUT2D eigenvalue weighted by Crippen LogP contribution is -1.96. The molecule has 72 valence electrons. The number of hydrogen-bond acceptors (Lipinski definition) is 2. The van der Waals surface area contributed by atoms with E-state index in [1.54, 1.807) is 6.07 Å². The van der Waals surface area contributed by atoms with Crippen molar-refractivity contribution in [3.05, 3.63) is 33.9 Å². The highest BCUT2D eigenvalue weighted by Gasteiger charge is 2.15. The van der Waals surface area contributed by atoms with E-state index in [2.05, 4.69) is 0 Å². The Labute approximate surface area is 87.5 Å². The first-order valence-corrected chi connectivity index (χ1v) is 4.90. The van der Waals surface area contributed by atoms with Crippen LogP contribution in [0.15, 0.2) is 18.2 Å². The fourth-order valence-corrected chi connectivity index (χ4v) is 2.47. The Morgan fingerprint density at radius 2 is 2.21 bits per heavy atom. The zero-order chi connectivity index (χ0) is 10.3. The zero-order valence-corrected chi connectivity index (χ0v) is 8.32. The molecule has 1 aromatic heterocycles. The molecule has 2 nitrogen and oxygen atoms in total. The monoisotopic (exact) mass is 230 g/mol. The third-order valence-electron chi connectivity index (χ3n) is 1.82. The van der Waals surface area contributed by atoms with Gasteiger partial charge in [0.05, 0.1) is 15.3 Å². The molecular weight excluding hydrogens is 227 g/mol. The van der Waals surface area contributed by atoms with Gasteiger partial charge in [-0.05, 0) is 17.5 Å². The van der Waals surface area contributed by atoms with Crippen LogP contribution >= 0.6 is 22.9 Å². The minimum Gasteiger partial charge on any atom is -0.478 e. The lowest BCUT2D eigenvalue weighted by Gasteiger charge is -1.98. The van der Waals surface area contributed by atoms with Crippen LogP contribution in [-0.2, 0) is 0 Å². The number of fused-ring (bicyclic) bond motifs is 1. The molecule has 0 atom stereocenters. The summed E-state index contributed by atoms with van der Waals surface area (Å²) in [6, 6.07) is 4.35. The molecule has 5 heteroatoms. The predicted octanol–water partition coefficient (Wildman–Crippen LogP) is 3.39. The first kappa shape index (κ1) is 9.43. The molecule has 1 aromatic carbocycles. The molecule has 0 bridgehead atoms. The number of thiophene rings is 1. The van der Waals surface area contributed by atoms with Crippen molar-refractivity contribution in [1.82, 2.24) is 0 Å². The van der Waals surface area contributed by atoms with Crippen molar-refractivity contribution in [1.29, 1.82) is 0 Å². The maximum atomic E-state index is 12.9. The van der Waals surface area contributed by atoms with E-state index in [1.807, 2.05) is 0 Å². The van der Waals surface area contributed by atoms with Crippen LogP contribution in [-0.4, -0.2) is 11.1 Å². The van der Waals surface area contributed by atoms with Crippen molar-refractivity contribution in [3.8, 4) is 0 Å². The second-order valence-electron chi connectivity index (χ2n) is 2.70. The van der Waals surface area contributed by atoms with E-state index in [-0.39, 0.29) is 10.6 Å². The van der Waals surface area contributed by atoms with E-state index in [0.29, 0.717) is 10.1 Å². The second-order valence-corrected chi connectivity index (χ2v) is 4.11. The summed E-state index contributed by atoms with van der Waals surface area (Å²) < 4.78 is 13.3. The van der Waals surface area contributed by atoms with Crippen molar-refractivity contribution in [2.45, 2.75) is 0 Å². The highest BCUT2D eigenvalue weighted by molar-refractivity contribution is 7.18. The fourth-order valence-electron chi connectivity index (χ4n) is 1.25. The molecule has 0 amide bonds. The molecule has 0 aliphatic rings. The minimum absolute atomic E-state index is 0.0296. The van der Waals surface area contributed by atoms with E-state index in [0.717, 1.165) is 11.3 Å². The average Bonchev–Trinajstić information content (AvgIpc) is 2.43. The topological polar surface area (TPSA) is 37.3 Å². The number of halogens is 2. The summed E-state index contributed by atoms with van der Waals surface area (Å²) >= 11 is 6.50. The quantitative estimate of drug-likeness (QED) is 0.815. The lowest BCUT2D eigenvalue weighted by molar-refractivity contribution is 0.0699. The molecule has 0 saturated heterocycles. The fraction of sp³-hybridized carbons (Fsp3) is 0. The van der Waals surface area contributed by atoms with E-state index in [4.69, 9.17) is 16.7 Å². The van der Waals surface area contributed by atoms with Crippen molar-refractivity contribution in [2.24, 2.45) is 0 Å². The van der Waals surface area contributed by atoms with Crippen LogP contribution in [0.2, 0.25) is 5.02 Å². The van der Waals surface area contributed by atoms with Crippen LogP contribution < -0.4 is 0 Å². The van der Waals surface area contributed by atoms with Gasteiger partial charge in [0.25, 0.3) is 0 Å². The SMILES string of the molecule is O=C(O)c1c(Cl)ccc2cc(F)sc12. The van der Waals surface area contributed by atoms with Crippen molar-refractivity contribution in [3.63, 3.8) is 0 Å². The average molecular weight is 231 g/mol. The van der Waals surface area contributed by atoms with Gasteiger partial charge in [-0.2, -0.15) is 4.39 Å².